The van der Waals surface area contributed by atoms with Gasteiger partial charge in [0, 0.05) is 13.7 Å². The van der Waals surface area contributed by atoms with Crippen LogP contribution >= 0.6 is 11.3 Å². The predicted molar refractivity (Wildman–Crippen MR) is 103 cm³/mol. The largest absolute Gasteiger partial charge is 0.383 e. The molecule has 0 bridgehead atoms. The predicted octanol–water partition coefficient (Wildman–Crippen LogP) is 3.08. The minimum absolute atomic E-state index is 0.191. The van der Waals surface area contributed by atoms with Crippen LogP contribution in [-0.4, -0.2) is 34.6 Å². The Morgan fingerprint density at radius 2 is 1.85 bits per heavy atom. The van der Waals surface area contributed by atoms with Crippen LogP contribution in [0.3, 0.4) is 0 Å². The monoisotopic (exact) mass is 390 g/mol. The van der Waals surface area contributed by atoms with E-state index in [2.05, 4.69) is 10.0 Å². The maximum Gasteiger partial charge on any atom is 0.271 e. The number of carbonyl (C=O) groups is 1. The first-order valence-corrected chi connectivity index (χ1v) is 10.2. The van der Waals surface area contributed by atoms with Gasteiger partial charge in [0.15, 0.2) is 0 Å². The molecule has 0 atom stereocenters. The second-order valence-electron chi connectivity index (χ2n) is 5.53. The second-order valence-corrected chi connectivity index (χ2v) is 8.39. The molecule has 26 heavy (non-hydrogen) atoms. The number of benzene rings is 2. The van der Waals surface area contributed by atoms with Crippen molar-refractivity contribution in [2.24, 2.45) is 0 Å². The van der Waals surface area contributed by atoms with Crippen LogP contribution in [0.15, 0.2) is 58.1 Å². The highest BCUT2D eigenvalue weighted by Gasteiger charge is 2.20. The Labute approximate surface area is 155 Å². The lowest BCUT2D eigenvalue weighted by Crippen LogP contribution is -2.28. The number of hydrogen-bond acceptors (Lipinski definition) is 5. The van der Waals surface area contributed by atoms with E-state index in [0.717, 1.165) is 22.1 Å². The van der Waals surface area contributed by atoms with Gasteiger partial charge in [-0.3, -0.25) is 9.52 Å². The normalized spacial score (nSPS) is 11.4. The SMILES string of the molecule is COCCNC(=O)c1cc2ccccc2cc1NS(=O)(=O)c1cccs1. The molecule has 0 saturated carbocycles. The van der Waals surface area contributed by atoms with Gasteiger partial charge in [0.25, 0.3) is 15.9 Å². The summed E-state index contributed by atoms with van der Waals surface area (Å²) in [5, 5.41) is 6.11. The van der Waals surface area contributed by atoms with Crippen molar-refractivity contribution in [3.05, 3.63) is 59.5 Å². The van der Waals surface area contributed by atoms with E-state index < -0.39 is 10.0 Å². The van der Waals surface area contributed by atoms with Crippen LogP contribution in [0.4, 0.5) is 5.69 Å². The lowest BCUT2D eigenvalue weighted by molar-refractivity contribution is 0.0938. The van der Waals surface area contributed by atoms with E-state index in [1.807, 2.05) is 24.3 Å². The van der Waals surface area contributed by atoms with E-state index in [1.54, 1.807) is 30.7 Å². The molecule has 0 unspecified atom stereocenters. The molecule has 8 heteroatoms. The molecular formula is C18H18N2O4S2. The Kier molecular flexibility index (Phi) is 5.55. The zero-order valence-electron chi connectivity index (χ0n) is 14.1. The summed E-state index contributed by atoms with van der Waals surface area (Å²) in [6.45, 7) is 0.703. The first-order valence-electron chi connectivity index (χ1n) is 7.87. The van der Waals surface area contributed by atoms with Gasteiger partial charge in [0.05, 0.1) is 17.9 Å². The smallest absolute Gasteiger partial charge is 0.271 e. The molecule has 0 aliphatic carbocycles. The number of fused-ring (bicyclic) bond motifs is 1. The van der Waals surface area contributed by atoms with Crippen molar-refractivity contribution in [2.75, 3.05) is 25.0 Å². The molecular weight excluding hydrogens is 372 g/mol. The standard InChI is InChI=1S/C18H18N2O4S2/c1-24-9-8-19-18(21)15-11-13-5-2-3-6-14(13)12-16(15)20-26(22,23)17-7-4-10-25-17/h2-7,10-12,20H,8-9H2,1H3,(H,19,21). The summed E-state index contributed by atoms with van der Waals surface area (Å²) in [5.74, 6) is -0.364. The average Bonchev–Trinajstić information content (AvgIpc) is 3.16. The van der Waals surface area contributed by atoms with Gasteiger partial charge in [-0.1, -0.05) is 30.3 Å². The minimum Gasteiger partial charge on any atom is -0.383 e. The molecule has 0 fully saturated rings. The molecule has 1 heterocycles. The van der Waals surface area contributed by atoms with Gasteiger partial charge < -0.3 is 10.1 Å². The van der Waals surface area contributed by atoms with Gasteiger partial charge in [0.2, 0.25) is 0 Å². The van der Waals surface area contributed by atoms with Gasteiger partial charge in [-0.15, -0.1) is 11.3 Å². The quantitative estimate of drug-likeness (QED) is 0.607. The van der Waals surface area contributed by atoms with Crippen molar-refractivity contribution < 1.29 is 17.9 Å². The van der Waals surface area contributed by atoms with Gasteiger partial charge in [-0.2, -0.15) is 0 Å². The highest BCUT2D eigenvalue weighted by atomic mass is 32.2. The fraction of sp³-hybridized carbons (Fsp3) is 0.167. The number of nitrogens with one attached hydrogen (secondary N) is 2. The Balaban J connectivity index is 2.01. The Morgan fingerprint density at radius 1 is 1.12 bits per heavy atom. The summed E-state index contributed by atoms with van der Waals surface area (Å²) in [7, 11) is -2.21. The van der Waals surface area contributed by atoms with E-state index in [9.17, 15) is 13.2 Å². The molecule has 1 amide bonds. The maximum atomic E-state index is 12.6. The van der Waals surface area contributed by atoms with Crippen LogP contribution in [0, 0.1) is 0 Å². The number of thiophene rings is 1. The highest BCUT2D eigenvalue weighted by molar-refractivity contribution is 7.94. The van der Waals surface area contributed by atoms with Crippen LogP contribution in [0.1, 0.15) is 10.4 Å². The molecule has 2 N–H and O–H groups in total. The average molecular weight is 390 g/mol. The van der Waals surface area contributed by atoms with E-state index >= 15 is 0 Å². The number of anilines is 1. The maximum absolute atomic E-state index is 12.6. The van der Waals surface area contributed by atoms with Crippen molar-refractivity contribution in [3.63, 3.8) is 0 Å². The topological polar surface area (TPSA) is 84.5 Å². The fourth-order valence-corrected chi connectivity index (χ4v) is 4.55. The Hall–Kier alpha value is -2.42. The summed E-state index contributed by atoms with van der Waals surface area (Å²) < 4.78 is 32.8. The number of ether oxygens (including phenoxy) is 1. The van der Waals surface area contributed by atoms with Crippen molar-refractivity contribution in [3.8, 4) is 0 Å². The van der Waals surface area contributed by atoms with E-state index in [4.69, 9.17) is 4.74 Å². The van der Waals surface area contributed by atoms with E-state index in [-0.39, 0.29) is 21.4 Å². The van der Waals surface area contributed by atoms with Crippen molar-refractivity contribution >= 4 is 43.7 Å². The van der Waals surface area contributed by atoms with E-state index in [1.165, 1.54) is 6.07 Å². The first kappa shape index (κ1) is 18.4. The van der Waals surface area contributed by atoms with Gasteiger partial charge >= 0.3 is 0 Å². The fourth-order valence-electron chi connectivity index (χ4n) is 2.49. The zero-order valence-corrected chi connectivity index (χ0v) is 15.7. The lowest BCUT2D eigenvalue weighted by Gasteiger charge is -2.14. The minimum atomic E-state index is -3.76. The summed E-state index contributed by atoms with van der Waals surface area (Å²) in [6, 6.07) is 14.0. The highest BCUT2D eigenvalue weighted by Crippen LogP contribution is 2.27. The molecule has 6 nitrogen and oxygen atoms in total. The molecule has 1 aromatic heterocycles. The van der Waals surface area contributed by atoms with Crippen molar-refractivity contribution in [1.29, 1.82) is 0 Å². The first-order chi connectivity index (χ1) is 12.5. The zero-order chi connectivity index (χ0) is 18.6. The molecule has 2 aromatic carbocycles. The van der Waals surface area contributed by atoms with Crippen LogP contribution in [-0.2, 0) is 14.8 Å². The number of hydrogen-bond donors (Lipinski definition) is 2. The van der Waals surface area contributed by atoms with Crippen molar-refractivity contribution in [1.82, 2.24) is 5.32 Å². The summed E-state index contributed by atoms with van der Waals surface area (Å²) >= 11 is 1.12. The summed E-state index contributed by atoms with van der Waals surface area (Å²) in [4.78, 5) is 12.6. The van der Waals surface area contributed by atoms with E-state index in [0.29, 0.717) is 13.2 Å². The number of carbonyl (C=O) groups excluding carboxylic acids is 1. The van der Waals surface area contributed by atoms with Crippen LogP contribution < -0.4 is 10.0 Å². The second kappa shape index (κ2) is 7.86. The van der Waals surface area contributed by atoms with Gasteiger partial charge in [-0.05, 0) is 34.4 Å². The number of amides is 1. The number of sulfonamides is 1. The Bertz CT molecular complexity index is 1010. The third-order valence-corrected chi connectivity index (χ3v) is 6.49. The lowest BCUT2D eigenvalue weighted by atomic mass is 10.0. The van der Waals surface area contributed by atoms with Crippen molar-refractivity contribution in [2.45, 2.75) is 4.21 Å². The summed E-state index contributed by atoms with van der Waals surface area (Å²) in [5.41, 5.74) is 0.506. The molecule has 0 radical (unpaired) electrons. The molecule has 3 rings (SSSR count). The van der Waals surface area contributed by atoms with Crippen LogP contribution in [0.25, 0.3) is 10.8 Å². The molecule has 0 aliphatic rings. The van der Waals surface area contributed by atoms with Gasteiger partial charge in [0.1, 0.15) is 4.21 Å². The van der Waals surface area contributed by atoms with Crippen LogP contribution in [0.2, 0.25) is 0 Å². The molecule has 3 aromatic rings. The third kappa shape index (κ3) is 4.04. The number of methoxy groups -OCH3 is 1. The summed E-state index contributed by atoms with van der Waals surface area (Å²) in [6.07, 6.45) is 0. The van der Waals surface area contributed by atoms with Crippen LogP contribution in [0.5, 0.6) is 0 Å². The Morgan fingerprint density at radius 3 is 2.50 bits per heavy atom. The number of rotatable bonds is 7. The third-order valence-electron chi connectivity index (χ3n) is 3.73. The molecule has 0 aliphatic heterocycles. The van der Waals surface area contributed by atoms with Gasteiger partial charge in [-0.25, -0.2) is 8.42 Å². The molecule has 0 saturated heterocycles. The molecule has 0 spiro atoms. The molecule has 136 valence electrons.